The summed E-state index contributed by atoms with van der Waals surface area (Å²) in [4.78, 5) is 64.9. The molecule has 1 aromatic carbocycles. The van der Waals surface area contributed by atoms with E-state index in [1.54, 1.807) is 24.3 Å². The first-order valence-electron chi connectivity index (χ1n) is 11.7. The standard InChI is InChI=1S/C24H25F2N7O6/c25-24(26)10-14(11-27)33(13-24)20(36)12-31-22(37)16-6-7-30-21-15(16)2-1-3-17(21)32-19(35)5-4-18(34)29-8-9-39-23(28)38/h1-3,6-7,14H,4-5,8-10,12-13H2,(H2,28,38)(H,29,34)(H,31,37)(H,32,35). The van der Waals surface area contributed by atoms with Crippen molar-refractivity contribution in [2.24, 2.45) is 5.73 Å². The lowest BCUT2D eigenvalue weighted by molar-refractivity contribution is -0.131. The third-order valence-corrected chi connectivity index (χ3v) is 5.68. The van der Waals surface area contributed by atoms with Crippen molar-refractivity contribution in [2.75, 3.05) is 31.6 Å². The molecule has 2 heterocycles. The third-order valence-electron chi connectivity index (χ3n) is 5.68. The number of hydrogen-bond donors (Lipinski definition) is 4. The first-order valence-corrected chi connectivity index (χ1v) is 11.7. The van der Waals surface area contributed by atoms with Crippen LogP contribution < -0.4 is 21.7 Å². The molecule has 1 atom stereocenters. The predicted octanol–water partition coefficient (Wildman–Crippen LogP) is 0.655. The molecular weight excluding hydrogens is 520 g/mol. The number of benzene rings is 1. The summed E-state index contributed by atoms with van der Waals surface area (Å²) in [6, 6.07) is 6.48. The van der Waals surface area contributed by atoms with Crippen LogP contribution in [0.3, 0.4) is 0 Å². The highest BCUT2D eigenvalue weighted by atomic mass is 19.3. The summed E-state index contributed by atoms with van der Waals surface area (Å²) < 4.78 is 31.7. The molecule has 0 radical (unpaired) electrons. The molecule has 13 nitrogen and oxygen atoms in total. The number of amides is 5. The average Bonchev–Trinajstić information content (AvgIpc) is 3.22. The molecule has 0 saturated carbocycles. The van der Waals surface area contributed by atoms with E-state index in [-0.39, 0.29) is 42.8 Å². The Morgan fingerprint density at radius 2 is 1.90 bits per heavy atom. The average molecular weight is 546 g/mol. The van der Waals surface area contributed by atoms with Crippen LogP contribution >= 0.6 is 0 Å². The quantitative estimate of drug-likeness (QED) is 0.312. The van der Waals surface area contributed by atoms with Gasteiger partial charge in [0.25, 0.3) is 11.8 Å². The number of ether oxygens (including phenoxy) is 1. The SMILES string of the molecule is N#CC1CC(F)(F)CN1C(=O)CNC(=O)c1ccnc2c(NC(=O)CCC(=O)NCCOC(N)=O)cccc12. The second kappa shape index (κ2) is 12.6. The van der Waals surface area contributed by atoms with Gasteiger partial charge >= 0.3 is 6.09 Å². The van der Waals surface area contributed by atoms with Crippen molar-refractivity contribution in [3.63, 3.8) is 0 Å². The number of para-hydroxylation sites is 1. The number of alkyl halides is 2. The number of primary amides is 1. The fourth-order valence-corrected chi connectivity index (χ4v) is 3.89. The summed E-state index contributed by atoms with van der Waals surface area (Å²) in [6.07, 6.45) is -0.713. The maximum absolute atomic E-state index is 13.6. The van der Waals surface area contributed by atoms with E-state index in [1.807, 2.05) is 0 Å². The number of anilines is 1. The van der Waals surface area contributed by atoms with Crippen LogP contribution in [0.1, 0.15) is 29.6 Å². The third kappa shape index (κ3) is 7.81. The van der Waals surface area contributed by atoms with Crippen LogP contribution in [0.2, 0.25) is 0 Å². The number of hydrogen-bond acceptors (Lipinski definition) is 8. The zero-order valence-corrected chi connectivity index (χ0v) is 20.5. The number of pyridine rings is 1. The van der Waals surface area contributed by atoms with E-state index in [0.29, 0.717) is 5.39 Å². The van der Waals surface area contributed by atoms with Crippen LogP contribution in [0, 0.1) is 11.3 Å². The molecule has 15 heteroatoms. The summed E-state index contributed by atoms with van der Waals surface area (Å²) in [7, 11) is 0. The van der Waals surface area contributed by atoms with Crippen molar-refractivity contribution in [1.29, 1.82) is 5.26 Å². The number of nitriles is 1. The molecule has 5 N–H and O–H groups in total. The topological polar surface area (TPSA) is 197 Å². The fraction of sp³-hybridized carbons (Fsp3) is 0.375. The lowest BCUT2D eigenvalue weighted by Gasteiger charge is -2.19. The maximum Gasteiger partial charge on any atom is 0.404 e. The van der Waals surface area contributed by atoms with E-state index in [0.717, 1.165) is 4.90 Å². The fourth-order valence-electron chi connectivity index (χ4n) is 3.89. The minimum absolute atomic E-state index is 0.0382. The molecule has 3 rings (SSSR count). The molecule has 1 aliphatic rings. The Labute approximate surface area is 220 Å². The largest absolute Gasteiger partial charge is 0.448 e. The molecule has 1 unspecified atom stereocenters. The second-order valence-corrected chi connectivity index (χ2v) is 8.54. The Kier molecular flexibility index (Phi) is 9.26. The maximum atomic E-state index is 13.6. The normalized spacial score (nSPS) is 15.7. The summed E-state index contributed by atoms with van der Waals surface area (Å²) in [6.45, 7) is -1.55. The number of likely N-dealkylation sites (tertiary alicyclic amines) is 1. The number of nitrogens with zero attached hydrogens (tertiary/aromatic N) is 3. The number of nitrogens with two attached hydrogens (primary N) is 1. The number of fused-ring (bicyclic) bond motifs is 1. The Morgan fingerprint density at radius 1 is 1.15 bits per heavy atom. The molecule has 0 aliphatic carbocycles. The summed E-state index contributed by atoms with van der Waals surface area (Å²) in [5, 5.41) is 16.9. The van der Waals surface area contributed by atoms with Crippen molar-refractivity contribution in [3.8, 4) is 6.07 Å². The van der Waals surface area contributed by atoms with Crippen molar-refractivity contribution in [3.05, 3.63) is 36.0 Å². The molecule has 0 bridgehead atoms. The van der Waals surface area contributed by atoms with Crippen molar-refractivity contribution in [2.45, 2.75) is 31.2 Å². The van der Waals surface area contributed by atoms with Gasteiger partial charge in [-0.05, 0) is 12.1 Å². The smallest absolute Gasteiger partial charge is 0.404 e. The van der Waals surface area contributed by atoms with Crippen LogP contribution in [-0.2, 0) is 19.1 Å². The summed E-state index contributed by atoms with van der Waals surface area (Å²) in [5.74, 6) is -5.62. The lowest BCUT2D eigenvalue weighted by Crippen LogP contribution is -2.43. The van der Waals surface area contributed by atoms with E-state index in [2.05, 4.69) is 25.7 Å². The number of aromatic nitrogens is 1. The van der Waals surface area contributed by atoms with E-state index in [9.17, 15) is 32.8 Å². The van der Waals surface area contributed by atoms with Crippen LogP contribution in [-0.4, -0.2) is 77.8 Å². The monoisotopic (exact) mass is 545 g/mol. The lowest BCUT2D eigenvalue weighted by atomic mass is 10.1. The summed E-state index contributed by atoms with van der Waals surface area (Å²) in [5.41, 5.74) is 5.47. The van der Waals surface area contributed by atoms with Crippen molar-refractivity contribution in [1.82, 2.24) is 20.5 Å². The van der Waals surface area contributed by atoms with Gasteiger partial charge in [-0.3, -0.25) is 24.2 Å². The van der Waals surface area contributed by atoms with Crippen molar-refractivity contribution < 1.29 is 37.5 Å². The molecule has 1 aliphatic heterocycles. The summed E-state index contributed by atoms with van der Waals surface area (Å²) >= 11 is 0. The van der Waals surface area contributed by atoms with E-state index in [1.165, 1.54) is 12.3 Å². The van der Waals surface area contributed by atoms with Crippen LogP contribution in [0.4, 0.5) is 19.3 Å². The zero-order valence-electron chi connectivity index (χ0n) is 20.5. The molecule has 1 aromatic heterocycles. The molecule has 0 spiro atoms. The van der Waals surface area contributed by atoms with E-state index < -0.39 is 61.2 Å². The first kappa shape index (κ1) is 28.7. The Balaban J connectivity index is 1.60. The Morgan fingerprint density at radius 3 is 2.62 bits per heavy atom. The van der Waals surface area contributed by atoms with Gasteiger partial charge in [0.05, 0.1) is 42.5 Å². The number of halogens is 2. The Bertz CT molecular complexity index is 1330. The number of rotatable bonds is 10. The van der Waals surface area contributed by atoms with Gasteiger partial charge < -0.3 is 31.3 Å². The minimum atomic E-state index is -3.17. The highest BCUT2D eigenvalue weighted by molar-refractivity contribution is 6.10. The van der Waals surface area contributed by atoms with Gasteiger partial charge in [0.15, 0.2) is 0 Å². The first-order chi connectivity index (χ1) is 18.5. The van der Waals surface area contributed by atoms with Gasteiger partial charge in [0, 0.05) is 30.8 Å². The minimum Gasteiger partial charge on any atom is -0.448 e. The van der Waals surface area contributed by atoms with Crippen LogP contribution in [0.5, 0.6) is 0 Å². The molecule has 5 amide bonds. The molecule has 1 fully saturated rings. The Hall–Kier alpha value is -4.87. The predicted molar refractivity (Wildman–Crippen MR) is 131 cm³/mol. The van der Waals surface area contributed by atoms with Gasteiger partial charge in [-0.15, -0.1) is 0 Å². The molecule has 2 aromatic rings. The molecule has 39 heavy (non-hydrogen) atoms. The van der Waals surface area contributed by atoms with E-state index in [4.69, 9.17) is 11.0 Å². The number of carbonyl (C=O) groups is 5. The zero-order chi connectivity index (χ0) is 28.6. The van der Waals surface area contributed by atoms with Gasteiger partial charge in [-0.2, -0.15) is 5.26 Å². The molecule has 206 valence electrons. The van der Waals surface area contributed by atoms with Gasteiger partial charge in [0.1, 0.15) is 12.6 Å². The van der Waals surface area contributed by atoms with Crippen LogP contribution in [0.15, 0.2) is 30.5 Å². The highest BCUT2D eigenvalue weighted by Crippen LogP contribution is 2.31. The highest BCUT2D eigenvalue weighted by Gasteiger charge is 2.47. The van der Waals surface area contributed by atoms with Crippen molar-refractivity contribution >= 4 is 46.3 Å². The van der Waals surface area contributed by atoms with Gasteiger partial charge in [-0.25, -0.2) is 13.6 Å². The van der Waals surface area contributed by atoms with Crippen LogP contribution in [0.25, 0.3) is 10.9 Å². The van der Waals surface area contributed by atoms with Gasteiger partial charge in [-0.1, -0.05) is 12.1 Å². The molecular formula is C24H25F2N7O6. The number of nitrogens with one attached hydrogen (secondary N) is 3. The second-order valence-electron chi connectivity index (χ2n) is 8.54. The molecule has 1 saturated heterocycles. The van der Waals surface area contributed by atoms with E-state index >= 15 is 0 Å². The number of carbonyl (C=O) groups excluding carboxylic acids is 5. The van der Waals surface area contributed by atoms with Gasteiger partial charge in [0.2, 0.25) is 17.7 Å².